The standard InChI is InChI=1S/C19H37NO4/c1-4-6-7-8-9-10-11-12-13-14-17-24-18(21)15-16-19(3,5-2)20(22)23/h4-17H2,1-3H3/t19-/m0/s1. The van der Waals surface area contributed by atoms with Crippen molar-refractivity contribution >= 4 is 5.97 Å². The van der Waals surface area contributed by atoms with E-state index in [1.165, 1.54) is 51.4 Å². The summed E-state index contributed by atoms with van der Waals surface area (Å²) >= 11 is 0. The molecule has 0 saturated carbocycles. The number of nitro groups is 1. The summed E-state index contributed by atoms with van der Waals surface area (Å²) in [5.41, 5.74) is -1.02. The van der Waals surface area contributed by atoms with Crippen LogP contribution in [-0.4, -0.2) is 23.0 Å². The van der Waals surface area contributed by atoms with Gasteiger partial charge in [0.25, 0.3) is 0 Å². The highest BCUT2D eigenvalue weighted by atomic mass is 16.6. The Balaban J connectivity index is 3.48. The van der Waals surface area contributed by atoms with E-state index in [4.69, 9.17) is 4.74 Å². The fourth-order valence-electron chi connectivity index (χ4n) is 2.62. The lowest BCUT2D eigenvalue weighted by Gasteiger charge is -2.18. The summed E-state index contributed by atoms with van der Waals surface area (Å²) < 4.78 is 5.17. The molecule has 0 rings (SSSR count). The number of carbonyl (C=O) groups is 1. The second kappa shape index (κ2) is 14.2. The Kier molecular flexibility index (Phi) is 13.6. The number of hydrogen-bond donors (Lipinski definition) is 0. The zero-order chi connectivity index (χ0) is 18.3. The van der Waals surface area contributed by atoms with Crippen LogP contribution in [0.25, 0.3) is 0 Å². The minimum atomic E-state index is -1.02. The summed E-state index contributed by atoms with van der Waals surface area (Å²) in [6.45, 7) is 6.04. The first-order valence-corrected chi connectivity index (χ1v) is 9.76. The van der Waals surface area contributed by atoms with E-state index < -0.39 is 5.54 Å². The van der Waals surface area contributed by atoms with Crippen LogP contribution in [0.15, 0.2) is 0 Å². The lowest BCUT2D eigenvalue weighted by molar-refractivity contribution is -0.567. The first-order valence-electron chi connectivity index (χ1n) is 9.76. The maximum atomic E-state index is 11.6. The summed E-state index contributed by atoms with van der Waals surface area (Å²) in [5, 5.41) is 11.0. The molecular weight excluding hydrogens is 306 g/mol. The first kappa shape index (κ1) is 22.9. The van der Waals surface area contributed by atoms with E-state index in [1.54, 1.807) is 13.8 Å². The Bertz CT molecular complexity index is 346. The van der Waals surface area contributed by atoms with Gasteiger partial charge in [-0.05, 0) is 6.42 Å². The molecule has 0 aliphatic heterocycles. The second-order valence-corrected chi connectivity index (χ2v) is 7.01. The largest absolute Gasteiger partial charge is 0.466 e. The van der Waals surface area contributed by atoms with E-state index >= 15 is 0 Å². The molecule has 0 amide bonds. The van der Waals surface area contributed by atoms with Crippen molar-refractivity contribution in [2.45, 2.75) is 110 Å². The van der Waals surface area contributed by atoms with E-state index in [-0.39, 0.29) is 23.7 Å². The normalized spacial score (nSPS) is 13.5. The zero-order valence-electron chi connectivity index (χ0n) is 16.0. The molecule has 142 valence electrons. The van der Waals surface area contributed by atoms with Gasteiger partial charge >= 0.3 is 5.97 Å². The van der Waals surface area contributed by atoms with Crippen molar-refractivity contribution in [3.05, 3.63) is 10.1 Å². The predicted octanol–water partition coefficient (Wildman–Crippen LogP) is 5.68. The van der Waals surface area contributed by atoms with Crippen molar-refractivity contribution < 1.29 is 14.5 Å². The fourth-order valence-corrected chi connectivity index (χ4v) is 2.62. The van der Waals surface area contributed by atoms with Crippen molar-refractivity contribution in [3.63, 3.8) is 0 Å². The van der Waals surface area contributed by atoms with Crippen LogP contribution >= 0.6 is 0 Å². The average molecular weight is 344 g/mol. The highest BCUT2D eigenvalue weighted by Gasteiger charge is 2.35. The van der Waals surface area contributed by atoms with Crippen LogP contribution in [0.2, 0.25) is 0 Å². The number of rotatable bonds is 16. The molecule has 5 nitrogen and oxygen atoms in total. The zero-order valence-corrected chi connectivity index (χ0v) is 16.0. The Morgan fingerprint density at radius 2 is 1.46 bits per heavy atom. The van der Waals surface area contributed by atoms with E-state index in [0.29, 0.717) is 13.0 Å². The minimum absolute atomic E-state index is 0.128. The van der Waals surface area contributed by atoms with Gasteiger partial charge < -0.3 is 4.74 Å². The molecule has 0 aliphatic carbocycles. The van der Waals surface area contributed by atoms with Gasteiger partial charge in [0, 0.05) is 24.7 Å². The van der Waals surface area contributed by atoms with Crippen molar-refractivity contribution in [2.75, 3.05) is 6.61 Å². The average Bonchev–Trinajstić information content (AvgIpc) is 2.57. The van der Waals surface area contributed by atoms with Gasteiger partial charge in [0.2, 0.25) is 5.54 Å². The number of esters is 1. The van der Waals surface area contributed by atoms with E-state index in [0.717, 1.165) is 12.8 Å². The van der Waals surface area contributed by atoms with Crippen LogP contribution in [0.3, 0.4) is 0 Å². The van der Waals surface area contributed by atoms with Crippen molar-refractivity contribution in [1.29, 1.82) is 0 Å². The topological polar surface area (TPSA) is 69.4 Å². The van der Waals surface area contributed by atoms with Crippen LogP contribution in [0, 0.1) is 10.1 Å². The third-order valence-electron chi connectivity index (χ3n) is 4.83. The van der Waals surface area contributed by atoms with Gasteiger partial charge in [0.1, 0.15) is 0 Å². The highest BCUT2D eigenvalue weighted by Crippen LogP contribution is 2.21. The molecule has 0 bridgehead atoms. The van der Waals surface area contributed by atoms with Gasteiger partial charge in [-0.25, -0.2) is 0 Å². The molecular formula is C19H37NO4. The first-order chi connectivity index (χ1) is 11.5. The molecule has 0 radical (unpaired) electrons. The lowest BCUT2D eigenvalue weighted by Crippen LogP contribution is -2.34. The molecule has 24 heavy (non-hydrogen) atoms. The fraction of sp³-hybridized carbons (Fsp3) is 0.947. The van der Waals surface area contributed by atoms with Crippen molar-refractivity contribution in [1.82, 2.24) is 0 Å². The monoisotopic (exact) mass is 343 g/mol. The molecule has 5 heteroatoms. The maximum Gasteiger partial charge on any atom is 0.306 e. The van der Waals surface area contributed by atoms with Crippen LogP contribution in [0.4, 0.5) is 0 Å². The van der Waals surface area contributed by atoms with E-state index in [2.05, 4.69) is 6.92 Å². The number of nitrogens with zero attached hydrogens (tertiary/aromatic N) is 1. The van der Waals surface area contributed by atoms with Crippen LogP contribution in [0.1, 0.15) is 104 Å². The van der Waals surface area contributed by atoms with Gasteiger partial charge in [0.05, 0.1) is 13.0 Å². The molecule has 1 atom stereocenters. The Morgan fingerprint density at radius 1 is 0.958 bits per heavy atom. The number of hydrogen-bond acceptors (Lipinski definition) is 4. The summed E-state index contributed by atoms with van der Waals surface area (Å²) in [5.74, 6) is -0.313. The summed E-state index contributed by atoms with van der Waals surface area (Å²) in [6, 6.07) is 0. The van der Waals surface area contributed by atoms with Gasteiger partial charge in [-0.2, -0.15) is 0 Å². The van der Waals surface area contributed by atoms with Crippen LogP contribution < -0.4 is 0 Å². The Labute approximate surface area is 147 Å². The number of ether oxygens (including phenoxy) is 1. The molecule has 0 N–H and O–H groups in total. The Hall–Kier alpha value is -1.13. The smallest absolute Gasteiger partial charge is 0.306 e. The molecule has 0 saturated heterocycles. The summed E-state index contributed by atoms with van der Waals surface area (Å²) in [4.78, 5) is 22.3. The SMILES string of the molecule is CCCCCCCCCCCCOC(=O)CC[C@](C)(CC)[N+](=O)[O-]. The Morgan fingerprint density at radius 3 is 1.92 bits per heavy atom. The summed E-state index contributed by atoms with van der Waals surface area (Å²) in [6.07, 6.45) is 13.2. The lowest BCUT2D eigenvalue weighted by atomic mass is 9.94. The second-order valence-electron chi connectivity index (χ2n) is 7.01. The molecule has 0 aromatic carbocycles. The van der Waals surface area contributed by atoms with Gasteiger partial charge in [0.15, 0.2) is 0 Å². The quantitative estimate of drug-likeness (QED) is 0.156. The third-order valence-corrected chi connectivity index (χ3v) is 4.83. The molecule has 0 spiro atoms. The molecule has 0 aliphatic rings. The molecule has 0 aromatic heterocycles. The van der Waals surface area contributed by atoms with Crippen LogP contribution in [0.5, 0.6) is 0 Å². The van der Waals surface area contributed by atoms with Gasteiger partial charge in [-0.3, -0.25) is 14.9 Å². The minimum Gasteiger partial charge on any atom is -0.466 e. The van der Waals surface area contributed by atoms with E-state index in [9.17, 15) is 14.9 Å². The third kappa shape index (κ3) is 11.4. The highest BCUT2D eigenvalue weighted by molar-refractivity contribution is 5.69. The van der Waals surface area contributed by atoms with Gasteiger partial charge in [-0.1, -0.05) is 71.6 Å². The molecule has 0 unspecified atom stereocenters. The molecule has 0 fully saturated rings. The maximum absolute atomic E-state index is 11.6. The van der Waals surface area contributed by atoms with Crippen LogP contribution in [-0.2, 0) is 9.53 Å². The number of unbranched alkanes of at least 4 members (excludes halogenated alkanes) is 9. The molecule has 0 heterocycles. The number of carbonyl (C=O) groups excluding carboxylic acids is 1. The van der Waals surface area contributed by atoms with Crippen molar-refractivity contribution in [2.24, 2.45) is 0 Å². The molecule has 0 aromatic rings. The summed E-state index contributed by atoms with van der Waals surface area (Å²) in [7, 11) is 0. The van der Waals surface area contributed by atoms with Crippen molar-refractivity contribution in [3.8, 4) is 0 Å². The van der Waals surface area contributed by atoms with Gasteiger partial charge in [-0.15, -0.1) is 0 Å². The predicted molar refractivity (Wildman–Crippen MR) is 97.7 cm³/mol. The van der Waals surface area contributed by atoms with E-state index in [1.807, 2.05) is 0 Å².